The predicted octanol–water partition coefficient (Wildman–Crippen LogP) is 0.399. The summed E-state index contributed by atoms with van der Waals surface area (Å²) >= 11 is 0. The first-order valence-corrected chi connectivity index (χ1v) is 23.1. The quantitative estimate of drug-likeness (QED) is 0.0256. The highest BCUT2D eigenvalue weighted by Gasteiger charge is 2.68. The number of carbonyl (C=O) groups excluding carboxylic acids is 5. The van der Waals surface area contributed by atoms with Crippen LogP contribution in [0.2, 0.25) is 0 Å². The van der Waals surface area contributed by atoms with Gasteiger partial charge in [-0.1, -0.05) is 78.1 Å². The molecule has 1 aliphatic heterocycles. The number of amides is 5. The van der Waals surface area contributed by atoms with Crippen LogP contribution in [0.3, 0.4) is 0 Å². The average Bonchev–Trinajstić information content (AvgIpc) is 3.58. The second-order valence-corrected chi connectivity index (χ2v) is 18.4. The molecule has 0 radical (unpaired) electrons. The molecule has 5 amide bonds. The van der Waals surface area contributed by atoms with E-state index < -0.39 is 72.8 Å². The molecule has 1 heterocycles. The van der Waals surface area contributed by atoms with Gasteiger partial charge < -0.3 is 69.7 Å². The van der Waals surface area contributed by atoms with E-state index in [1.165, 1.54) is 51.9 Å². The van der Waals surface area contributed by atoms with Gasteiger partial charge in [-0.15, -0.1) is 0 Å². The van der Waals surface area contributed by atoms with Gasteiger partial charge in [0.25, 0.3) is 5.91 Å². The summed E-state index contributed by atoms with van der Waals surface area (Å²) in [5.41, 5.74) is 29.0. The molecule has 0 aromatic rings. The Kier molecular flexibility index (Phi) is 22.4. The van der Waals surface area contributed by atoms with E-state index in [4.69, 9.17) is 38.0 Å². The van der Waals surface area contributed by atoms with Crippen LogP contribution < -0.4 is 55.3 Å². The van der Waals surface area contributed by atoms with E-state index >= 15 is 0 Å². The van der Waals surface area contributed by atoms with Crippen molar-refractivity contribution in [3.63, 3.8) is 0 Å². The number of rotatable bonds is 31. The maximum absolute atomic E-state index is 13.5. The first kappa shape index (κ1) is 52.4. The van der Waals surface area contributed by atoms with E-state index in [9.17, 15) is 29.1 Å². The van der Waals surface area contributed by atoms with Gasteiger partial charge in [-0.25, -0.2) is 0 Å². The molecule has 3 saturated carbocycles. The maximum Gasteiger partial charge on any atom is 0.497 e. The van der Waals surface area contributed by atoms with Crippen LogP contribution in [0.15, 0.2) is 0 Å². The number of hydrogen-bond donors (Lipinski definition) is 11. The summed E-state index contributed by atoms with van der Waals surface area (Å²) in [7, 11) is -0.886. The molecule has 0 spiro atoms. The Balaban J connectivity index is 1.45. The van der Waals surface area contributed by atoms with Gasteiger partial charge in [0, 0.05) is 6.42 Å². The summed E-state index contributed by atoms with van der Waals surface area (Å²) in [5.74, 6) is -2.65. The SMILES string of the molecule is C[C@@H](O)[C@H](NC(=O)[C@H](CCN)NC(=O)CCCCCCCCCCCCCCN)C(=O)N[C@@H](N)C(=O)N[C@@H](CCCCN)C(=O)N[C@@H](N)B1O[C@@H]2C[C@@H]3C[C@@H](C3(C)C)[C@]2(C)O1. The molecule has 4 rings (SSSR count). The second-order valence-electron chi connectivity index (χ2n) is 18.4. The van der Waals surface area contributed by atoms with Crippen LogP contribution >= 0.6 is 0 Å². The van der Waals surface area contributed by atoms with Crippen molar-refractivity contribution in [3.05, 3.63) is 0 Å². The Labute approximate surface area is 364 Å². The molecule has 16 N–H and O–H groups in total. The summed E-state index contributed by atoms with van der Waals surface area (Å²) in [4.78, 5) is 66.2. The standard InChI is InChI=1S/C42H81BN10O8/c1-27(54)34(51-36(56)30(21-24-46)49-33(55)20-15-13-11-9-7-5-6-8-10-12-14-17-22-44)38(58)52-35(47)39(59)50-29(19-16-18-23-45)37(57)53-40(48)43-60-32-26-28-25-31(41(28,2)3)42(32,4)61-43/h27-32,34-35,40,54H,5-26,44-48H2,1-4H3,(H,49,55)(H,50,59)(H,51,56)(H,52,58)(H,53,57)/t27-,28+,29+,30+,31+,32-,34+,35-,40-,42+/m1/s1. The highest BCUT2D eigenvalue weighted by Crippen LogP contribution is 2.65. The van der Waals surface area contributed by atoms with Crippen molar-refractivity contribution in [1.82, 2.24) is 26.6 Å². The summed E-state index contributed by atoms with van der Waals surface area (Å²) in [6, 6.07) is -4.71. The zero-order valence-electron chi connectivity index (χ0n) is 37.5. The fourth-order valence-corrected chi connectivity index (χ4v) is 9.28. The molecular formula is C42H81BN10O8. The normalized spacial score (nSPS) is 24.2. The first-order chi connectivity index (χ1) is 29.0. The molecule has 2 bridgehead atoms. The monoisotopic (exact) mass is 865 g/mol. The predicted molar refractivity (Wildman–Crippen MR) is 235 cm³/mol. The average molecular weight is 865 g/mol. The van der Waals surface area contributed by atoms with Gasteiger partial charge in [0.15, 0.2) is 6.17 Å². The third-order valence-corrected chi connectivity index (χ3v) is 13.3. The Bertz CT molecular complexity index is 1400. The molecule has 0 unspecified atom stereocenters. The number of hydrogen-bond acceptors (Lipinski definition) is 13. The largest absolute Gasteiger partial charge is 0.497 e. The number of aliphatic hydroxyl groups is 1. The molecule has 3 aliphatic carbocycles. The Morgan fingerprint density at radius 3 is 1.75 bits per heavy atom. The van der Waals surface area contributed by atoms with E-state index in [0.717, 1.165) is 45.1 Å². The van der Waals surface area contributed by atoms with Crippen LogP contribution in [0, 0.1) is 17.3 Å². The fourth-order valence-electron chi connectivity index (χ4n) is 9.28. The molecule has 10 atom stereocenters. The van der Waals surface area contributed by atoms with Gasteiger partial charge in [-0.3, -0.25) is 24.0 Å². The minimum Gasteiger partial charge on any atom is -0.403 e. The van der Waals surface area contributed by atoms with Crippen molar-refractivity contribution in [2.75, 3.05) is 19.6 Å². The summed E-state index contributed by atoms with van der Waals surface area (Å²) in [6.07, 6.45) is 13.7. The highest BCUT2D eigenvalue weighted by molar-refractivity contribution is 6.47. The van der Waals surface area contributed by atoms with Crippen LogP contribution in [-0.2, 0) is 33.3 Å². The van der Waals surface area contributed by atoms with Crippen LogP contribution in [-0.4, -0.2) is 110 Å². The lowest BCUT2D eigenvalue weighted by Crippen LogP contribution is -2.65. The molecule has 1 saturated heterocycles. The van der Waals surface area contributed by atoms with Gasteiger partial charge in [0.05, 0.1) is 17.8 Å². The summed E-state index contributed by atoms with van der Waals surface area (Å²) < 4.78 is 12.6. The van der Waals surface area contributed by atoms with Crippen molar-refractivity contribution in [1.29, 1.82) is 0 Å². The summed E-state index contributed by atoms with van der Waals surface area (Å²) in [5, 5.41) is 23.3. The molecule has 19 heteroatoms. The third-order valence-electron chi connectivity index (χ3n) is 13.3. The third kappa shape index (κ3) is 15.7. The molecule has 0 aromatic heterocycles. The van der Waals surface area contributed by atoms with Gasteiger partial charge in [-0.05, 0) is 102 Å². The smallest absolute Gasteiger partial charge is 0.403 e. The Morgan fingerprint density at radius 2 is 1.20 bits per heavy atom. The number of aliphatic hydroxyl groups excluding tert-OH is 1. The summed E-state index contributed by atoms with van der Waals surface area (Å²) in [6.45, 7) is 9.04. The number of unbranched alkanes of at least 4 members (excludes halogenated alkanes) is 12. The number of nitrogens with one attached hydrogen (secondary N) is 5. The van der Waals surface area contributed by atoms with Crippen molar-refractivity contribution < 1.29 is 38.4 Å². The van der Waals surface area contributed by atoms with Gasteiger partial charge in [0.1, 0.15) is 24.2 Å². The topological polar surface area (TPSA) is 314 Å². The minimum absolute atomic E-state index is 0.0768. The number of carbonyl (C=O) groups is 5. The molecular weight excluding hydrogens is 783 g/mol. The Morgan fingerprint density at radius 1 is 0.656 bits per heavy atom. The lowest BCUT2D eigenvalue weighted by Gasteiger charge is -2.64. The molecule has 350 valence electrons. The zero-order valence-corrected chi connectivity index (χ0v) is 37.5. The second kappa shape index (κ2) is 26.0. The molecule has 4 fully saturated rings. The van der Waals surface area contributed by atoms with Crippen molar-refractivity contribution in [2.24, 2.45) is 45.9 Å². The first-order valence-electron chi connectivity index (χ1n) is 23.1. The van der Waals surface area contributed by atoms with Gasteiger partial charge in [-0.2, -0.15) is 0 Å². The van der Waals surface area contributed by atoms with E-state index in [1.54, 1.807) is 0 Å². The van der Waals surface area contributed by atoms with Crippen LogP contribution in [0.5, 0.6) is 0 Å². The molecule has 18 nitrogen and oxygen atoms in total. The number of nitrogens with two attached hydrogens (primary N) is 5. The molecule has 61 heavy (non-hydrogen) atoms. The lowest BCUT2D eigenvalue weighted by molar-refractivity contribution is -0.199. The minimum atomic E-state index is -1.67. The zero-order chi connectivity index (χ0) is 45.2. The van der Waals surface area contributed by atoms with Crippen molar-refractivity contribution in [3.8, 4) is 0 Å². The van der Waals surface area contributed by atoms with Crippen LogP contribution in [0.25, 0.3) is 0 Å². The van der Waals surface area contributed by atoms with Crippen LogP contribution in [0.4, 0.5) is 0 Å². The maximum atomic E-state index is 13.5. The molecule has 0 aromatic carbocycles. The van der Waals surface area contributed by atoms with Crippen molar-refractivity contribution in [2.45, 2.75) is 198 Å². The lowest BCUT2D eigenvalue weighted by atomic mass is 9.43. The van der Waals surface area contributed by atoms with Gasteiger partial charge >= 0.3 is 7.12 Å². The van der Waals surface area contributed by atoms with Crippen molar-refractivity contribution >= 4 is 36.7 Å². The van der Waals surface area contributed by atoms with E-state index in [-0.39, 0.29) is 43.2 Å². The Hall–Kier alpha value is -2.91. The van der Waals surface area contributed by atoms with E-state index in [0.29, 0.717) is 37.6 Å². The van der Waals surface area contributed by atoms with Crippen LogP contribution in [0.1, 0.15) is 150 Å². The van der Waals surface area contributed by atoms with Gasteiger partial charge in [0.2, 0.25) is 23.6 Å². The highest BCUT2D eigenvalue weighted by atomic mass is 16.7. The van der Waals surface area contributed by atoms with E-state index in [1.807, 2.05) is 6.92 Å². The van der Waals surface area contributed by atoms with E-state index in [2.05, 4.69) is 40.4 Å². The fraction of sp³-hybridized carbons (Fsp3) is 0.881. The molecule has 4 aliphatic rings.